The van der Waals surface area contributed by atoms with Crippen molar-refractivity contribution in [3.8, 4) is 0 Å². The van der Waals surface area contributed by atoms with Crippen LogP contribution in [0.5, 0.6) is 0 Å². The molecule has 0 amide bonds. The Balaban J connectivity index is 1.14. The highest BCUT2D eigenvalue weighted by molar-refractivity contribution is 6.10. The van der Waals surface area contributed by atoms with E-state index in [1.165, 1.54) is 55.7 Å². The minimum absolute atomic E-state index is 0.171. The number of aliphatic imine (C=N–C) groups is 1. The van der Waals surface area contributed by atoms with E-state index in [9.17, 15) is 0 Å². The quantitative estimate of drug-likeness (QED) is 0.130. The van der Waals surface area contributed by atoms with Crippen LogP contribution in [0.25, 0.3) is 0 Å². The van der Waals surface area contributed by atoms with E-state index in [1.54, 1.807) is 0 Å². The third kappa shape index (κ3) is 7.20. The first-order valence-corrected chi connectivity index (χ1v) is 22.3. The topological polar surface area (TPSA) is 24.4 Å². The second kappa shape index (κ2) is 17.5. The molecule has 302 valence electrons. The fraction of sp³-hybridized carbons (Fsp3) is 0.150. The molecule has 2 nitrogen and oxygen atoms in total. The number of rotatable bonds is 11. The Labute approximate surface area is 367 Å². The molecule has 1 aliphatic heterocycles. The van der Waals surface area contributed by atoms with E-state index >= 15 is 0 Å². The normalized spacial score (nSPS) is 17.7. The Morgan fingerprint density at radius 3 is 1.50 bits per heavy atom. The molecule has 1 atom stereocenters. The highest BCUT2D eigenvalue weighted by Gasteiger charge is 2.42. The van der Waals surface area contributed by atoms with Crippen molar-refractivity contribution in [3.63, 3.8) is 0 Å². The van der Waals surface area contributed by atoms with Gasteiger partial charge in [0.25, 0.3) is 0 Å². The van der Waals surface area contributed by atoms with Gasteiger partial charge in [-0.2, -0.15) is 0 Å². The summed E-state index contributed by atoms with van der Waals surface area (Å²) in [5, 5.41) is 3.99. The molecule has 3 aliphatic carbocycles. The highest BCUT2D eigenvalue weighted by atomic mass is 15.1. The summed E-state index contributed by atoms with van der Waals surface area (Å²) in [5.41, 5.74) is 15.2. The number of allylic oxidation sites excluding steroid dienone is 12. The Hall–Kier alpha value is -7.03. The summed E-state index contributed by atoms with van der Waals surface area (Å²) in [6.45, 7) is 0. The number of nitrogens with zero attached hydrogens (tertiary/aromatic N) is 1. The van der Waals surface area contributed by atoms with Gasteiger partial charge in [0.2, 0.25) is 0 Å². The maximum atomic E-state index is 5.57. The van der Waals surface area contributed by atoms with E-state index in [0.717, 1.165) is 55.5 Å². The molecule has 0 fully saturated rings. The van der Waals surface area contributed by atoms with Crippen molar-refractivity contribution >= 4 is 5.71 Å². The van der Waals surface area contributed by atoms with Gasteiger partial charge in [-0.15, -0.1) is 0 Å². The second-order valence-corrected chi connectivity index (χ2v) is 16.8. The Morgan fingerprint density at radius 1 is 0.468 bits per heavy atom. The summed E-state index contributed by atoms with van der Waals surface area (Å²) in [5.74, 6) is 0. The lowest BCUT2D eigenvalue weighted by molar-refractivity contribution is 0.628. The average Bonchev–Trinajstić information content (AvgIpc) is 3.37. The lowest BCUT2D eigenvalue weighted by atomic mass is 9.63. The summed E-state index contributed by atoms with van der Waals surface area (Å²) in [4.78, 5) is 5.57. The van der Waals surface area contributed by atoms with E-state index in [0.29, 0.717) is 0 Å². The monoisotopic (exact) mass is 800 g/mol. The van der Waals surface area contributed by atoms with Crippen LogP contribution in [0.1, 0.15) is 77.5 Å². The standard InChI is InChI=1S/C60H52N2/c1-8-24-45(25-9-1)58-61-56(46-26-22-40-54(42-46)59(48-28-10-2-11-29-48,49-30-12-3-13-31-49)50-32-14-4-15-33-50)44-57(62-58)47-27-23-41-55(43-47)60(51-34-16-5-17-35-51,52-36-18-6-19-37-52)53-38-20-7-21-39-53/h1-8,10-20,23-24,27-38,40-44,58,61H,9,21-22,25-26,39H2. The molecule has 1 heterocycles. The molecule has 1 unspecified atom stereocenters. The lowest BCUT2D eigenvalue weighted by Gasteiger charge is -2.40. The van der Waals surface area contributed by atoms with Crippen LogP contribution in [0.15, 0.2) is 264 Å². The molecule has 62 heavy (non-hydrogen) atoms. The van der Waals surface area contributed by atoms with Gasteiger partial charge in [0.05, 0.1) is 16.5 Å². The van der Waals surface area contributed by atoms with E-state index in [1.807, 2.05) is 0 Å². The lowest BCUT2D eigenvalue weighted by Crippen LogP contribution is -2.36. The van der Waals surface area contributed by atoms with E-state index in [4.69, 9.17) is 4.99 Å². The zero-order chi connectivity index (χ0) is 41.6. The Kier molecular flexibility index (Phi) is 11.1. The molecule has 0 bridgehead atoms. The fourth-order valence-electron chi connectivity index (χ4n) is 10.4. The highest BCUT2D eigenvalue weighted by Crippen LogP contribution is 2.50. The van der Waals surface area contributed by atoms with Crippen molar-refractivity contribution in [2.75, 3.05) is 0 Å². The van der Waals surface area contributed by atoms with Gasteiger partial charge >= 0.3 is 0 Å². The molecule has 10 rings (SSSR count). The molecule has 0 aromatic heterocycles. The van der Waals surface area contributed by atoms with Crippen LogP contribution in [0.2, 0.25) is 0 Å². The van der Waals surface area contributed by atoms with Crippen LogP contribution in [-0.2, 0) is 10.8 Å². The van der Waals surface area contributed by atoms with Gasteiger partial charge in [0.15, 0.2) is 0 Å². The molecule has 2 heteroatoms. The first-order chi connectivity index (χ1) is 30.7. The van der Waals surface area contributed by atoms with E-state index in [2.05, 4.69) is 236 Å². The molecule has 0 saturated carbocycles. The van der Waals surface area contributed by atoms with Gasteiger partial charge < -0.3 is 5.32 Å². The maximum absolute atomic E-state index is 5.57. The predicted octanol–water partition coefficient (Wildman–Crippen LogP) is 13.9. The van der Waals surface area contributed by atoms with Crippen molar-refractivity contribution < 1.29 is 0 Å². The van der Waals surface area contributed by atoms with Crippen LogP contribution < -0.4 is 5.32 Å². The molecule has 4 aliphatic rings. The number of hydrogen-bond donors (Lipinski definition) is 1. The predicted molar refractivity (Wildman–Crippen MR) is 258 cm³/mol. The van der Waals surface area contributed by atoms with Crippen LogP contribution in [0.4, 0.5) is 0 Å². The molecular weight excluding hydrogens is 749 g/mol. The summed E-state index contributed by atoms with van der Waals surface area (Å²) in [7, 11) is 0. The van der Waals surface area contributed by atoms with Crippen LogP contribution in [-0.4, -0.2) is 11.9 Å². The third-order valence-corrected chi connectivity index (χ3v) is 13.2. The zero-order valence-electron chi connectivity index (χ0n) is 35.2. The smallest absolute Gasteiger partial charge is 0.141 e. The van der Waals surface area contributed by atoms with Crippen molar-refractivity contribution in [3.05, 3.63) is 298 Å². The summed E-state index contributed by atoms with van der Waals surface area (Å²) < 4.78 is 0. The Morgan fingerprint density at radius 2 is 0.984 bits per heavy atom. The summed E-state index contributed by atoms with van der Waals surface area (Å²) in [6, 6.07) is 64.6. The van der Waals surface area contributed by atoms with Crippen molar-refractivity contribution in [1.82, 2.24) is 5.32 Å². The molecule has 6 aromatic rings. The first kappa shape index (κ1) is 39.1. The van der Waals surface area contributed by atoms with Crippen molar-refractivity contribution in [1.29, 1.82) is 0 Å². The Bertz CT molecular complexity index is 2650. The molecule has 1 N–H and O–H groups in total. The van der Waals surface area contributed by atoms with Crippen LogP contribution in [0.3, 0.4) is 0 Å². The maximum Gasteiger partial charge on any atom is 0.141 e. The van der Waals surface area contributed by atoms with Gasteiger partial charge in [-0.25, -0.2) is 0 Å². The minimum Gasteiger partial charge on any atom is -0.360 e. The van der Waals surface area contributed by atoms with Gasteiger partial charge in [-0.3, -0.25) is 4.99 Å². The number of nitrogens with one attached hydrogen (secondary N) is 1. The van der Waals surface area contributed by atoms with Crippen LogP contribution in [0, 0.1) is 0 Å². The largest absolute Gasteiger partial charge is 0.360 e. The first-order valence-electron chi connectivity index (χ1n) is 22.3. The molecule has 6 aromatic carbocycles. The second-order valence-electron chi connectivity index (χ2n) is 16.8. The van der Waals surface area contributed by atoms with Gasteiger partial charge in [-0.05, 0) is 101 Å². The van der Waals surface area contributed by atoms with Crippen molar-refractivity contribution in [2.45, 2.75) is 55.5 Å². The number of hydrogen-bond acceptors (Lipinski definition) is 2. The minimum atomic E-state index is -0.507. The van der Waals surface area contributed by atoms with Gasteiger partial charge in [-0.1, -0.05) is 224 Å². The fourth-order valence-corrected chi connectivity index (χ4v) is 10.4. The van der Waals surface area contributed by atoms with E-state index in [-0.39, 0.29) is 6.17 Å². The molecule has 0 spiro atoms. The molecular formula is C60H52N2. The summed E-state index contributed by atoms with van der Waals surface area (Å²) >= 11 is 0. The van der Waals surface area contributed by atoms with E-state index < -0.39 is 10.8 Å². The molecule has 0 radical (unpaired) electrons. The molecule has 0 saturated heterocycles. The van der Waals surface area contributed by atoms with Gasteiger partial charge in [0.1, 0.15) is 6.17 Å². The van der Waals surface area contributed by atoms with Crippen molar-refractivity contribution in [2.24, 2.45) is 4.99 Å². The number of benzene rings is 6. The zero-order valence-corrected chi connectivity index (χ0v) is 35.2. The van der Waals surface area contributed by atoms with Crippen LogP contribution >= 0.6 is 0 Å². The SMILES string of the molecule is C1=CCCC(C2N=C(c3cccc(C(C4=CC=CCC4)(c4ccccc4)c4ccccc4)c3)C=C(C3=CC(C(c4ccccc4)(c4ccccc4)c4ccccc4)=CCC3)N2)=C1. The summed E-state index contributed by atoms with van der Waals surface area (Å²) in [6.07, 6.45) is 26.6. The third-order valence-electron chi connectivity index (χ3n) is 13.2. The van der Waals surface area contributed by atoms with Gasteiger partial charge in [0, 0.05) is 11.3 Å². The average molecular weight is 801 g/mol.